The quantitative estimate of drug-likeness (QED) is 0.0409. The van der Waals surface area contributed by atoms with Crippen LogP contribution in [-0.2, 0) is 31.9 Å². The fourth-order valence-electron chi connectivity index (χ4n) is 9.01. The number of thiocarbonyl (C=S) groups is 1. The molecule has 6 rings (SSSR count). The van der Waals surface area contributed by atoms with Gasteiger partial charge >= 0.3 is 6.18 Å². The number of likely N-dealkylation sites (tertiary alicyclic amines) is 1. The summed E-state index contributed by atoms with van der Waals surface area (Å²) in [6.45, 7) is 15.4. The highest BCUT2D eigenvalue weighted by molar-refractivity contribution is 7.81. The zero-order chi connectivity index (χ0) is 56.0. The van der Waals surface area contributed by atoms with Crippen LogP contribution in [0.4, 0.5) is 24.5 Å². The highest BCUT2D eigenvalue weighted by Gasteiger charge is 2.51. The lowest BCUT2D eigenvalue weighted by Crippen LogP contribution is -2.51. The van der Waals surface area contributed by atoms with Gasteiger partial charge in [0.05, 0.1) is 69.7 Å². The first-order valence-corrected chi connectivity index (χ1v) is 27.4. The molecule has 2 unspecified atom stereocenters. The monoisotopic (exact) mass is 1090 g/mol. The number of ether oxygens (including phenoxy) is 1. The average Bonchev–Trinajstić information content (AvgIpc) is 4.04. The first-order chi connectivity index (χ1) is 35.9. The van der Waals surface area contributed by atoms with Gasteiger partial charge in [0.15, 0.2) is 5.11 Å². The Kier molecular flexibility index (Phi) is 22.0. The molecule has 4 aromatic rings. The molecule has 0 radical (unpaired) electrons. The Bertz CT molecular complexity index is 2650. The van der Waals surface area contributed by atoms with Gasteiger partial charge < -0.3 is 35.4 Å². The van der Waals surface area contributed by atoms with Crippen molar-refractivity contribution in [3.05, 3.63) is 94.6 Å². The van der Waals surface area contributed by atoms with Crippen molar-refractivity contribution in [2.45, 2.75) is 163 Å². The number of thiazole rings is 1. The molecule has 0 aliphatic carbocycles. The fourth-order valence-corrected chi connectivity index (χ4v) is 10.3. The predicted molar refractivity (Wildman–Crippen MR) is 294 cm³/mol. The summed E-state index contributed by atoms with van der Waals surface area (Å²) in [5.41, 5.74) is 1.13. The predicted octanol–water partition coefficient (Wildman–Crippen LogP) is 10.6. The Labute approximate surface area is 455 Å². The topological polar surface area (TPSA) is 188 Å². The zero-order valence-electron chi connectivity index (χ0n) is 45.0. The van der Waals surface area contributed by atoms with Gasteiger partial charge in [-0.15, -0.1) is 11.3 Å². The first-order valence-electron chi connectivity index (χ1n) is 26.1. The number of nitrogens with zero attached hydrogens (tertiary/aromatic N) is 5. The highest BCUT2D eigenvalue weighted by atomic mass is 32.1. The number of amides is 4. The van der Waals surface area contributed by atoms with E-state index in [0.717, 1.165) is 102 Å². The first kappa shape index (κ1) is 60.9. The van der Waals surface area contributed by atoms with E-state index < -0.39 is 64.2 Å². The molecule has 3 atom stereocenters. The number of hydrogen-bond acceptors (Lipinski definition) is 11. The smallest absolute Gasteiger partial charge is 0.417 e. The van der Waals surface area contributed by atoms with Crippen LogP contribution >= 0.6 is 23.6 Å². The third-order valence-corrected chi connectivity index (χ3v) is 14.8. The number of halogens is 3. The number of nitriles is 1. The van der Waals surface area contributed by atoms with Crippen molar-refractivity contribution in [2.24, 2.45) is 11.3 Å². The molecule has 0 bridgehead atoms. The molecule has 0 spiro atoms. The molecule has 4 amide bonds. The van der Waals surface area contributed by atoms with Gasteiger partial charge in [0.2, 0.25) is 17.7 Å². The number of benzene rings is 3. The van der Waals surface area contributed by atoms with Crippen molar-refractivity contribution < 1.29 is 47.3 Å². The minimum absolute atomic E-state index is 0.0162. The van der Waals surface area contributed by atoms with E-state index in [9.17, 15) is 47.8 Å². The van der Waals surface area contributed by atoms with Crippen LogP contribution in [0.2, 0.25) is 0 Å². The summed E-state index contributed by atoms with van der Waals surface area (Å²) >= 11 is 7.20. The number of alkyl halides is 3. The molecular weight excluding hydrogens is 1020 g/mol. The second-order valence-electron chi connectivity index (χ2n) is 21.3. The Balaban J connectivity index is 0.00000257. The summed E-state index contributed by atoms with van der Waals surface area (Å²) in [6.07, 6.45) is 2.73. The maximum atomic E-state index is 13.7. The molecule has 2 saturated heterocycles. The summed E-state index contributed by atoms with van der Waals surface area (Å²) in [5.74, 6) is -0.385. The number of aryl methyl sites for hydroxylation is 1. The summed E-state index contributed by atoms with van der Waals surface area (Å²) in [4.78, 5) is 62.5. The number of aromatic nitrogens is 1. The molecule has 0 saturated carbocycles. The van der Waals surface area contributed by atoms with Crippen molar-refractivity contribution in [1.29, 1.82) is 5.26 Å². The molecule has 3 aromatic carbocycles. The van der Waals surface area contributed by atoms with Gasteiger partial charge in [-0.1, -0.05) is 96.4 Å². The lowest BCUT2D eigenvalue weighted by molar-refractivity contribution is -0.141. The molecule has 19 heteroatoms. The summed E-state index contributed by atoms with van der Waals surface area (Å²) in [7, 11) is 0. The Morgan fingerprint density at radius 2 is 1.51 bits per heavy atom. The van der Waals surface area contributed by atoms with Gasteiger partial charge in [-0.2, -0.15) is 18.4 Å². The SMILES string of the molecule is CC(C)C.Cc1ncsc1-c1ccc(CNC(=O)C2C[C@H](O)CN2C(=O)CNC(=O)C(C)(C)C(O)CCCCCCCCCCCOc2ccc(N3C(=S)N(c4ccc(C#N)c(C(F)(F)F)c4)C(=O)C3(C)C)cc2)cc1. The molecule has 2 aliphatic rings. The summed E-state index contributed by atoms with van der Waals surface area (Å²) in [5, 5.41) is 36.1. The van der Waals surface area contributed by atoms with Gasteiger partial charge in [0.1, 0.15) is 17.3 Å². The second-order valence-corrected chi connectivity index (χ2v) is 22.5. The van der Waals surface area contributed by atoms with Gasteiger partial charge in [0, 0.05) is 25.2 Å². The maximum absolute atomic E-state index is 13.7. The fraction of sp³-hybridized carbons (Fsp3) is 0.526. The standard InChI is InChI=1S/C53H64F3N7O7S2.C4H10/c1-34-46(72-33-60-34)36-18-16-35(17-19-36)30-58-47(67)43-28-40(64)32-61(43)45(66)31-59-48(68)51(2,3)44(65)15-13-11-9-7-6-8-10-12-14-26-70-41-24-22-38(23-25-41)63-50(71)62(49(69)52(63,4)5)39-21-20-37(29-57)42(27-39)53(54,55)56;1-4(2)3/h16-25,27,33,40,43-44,64-65H,6-15,26,28,30-32H2,1-5H3,(H,58,67)(H,59,68);4H,1-3H3/t40-,43?,44?;/m0./s1. The second kappa shape index (κ2) is 27.4. The molecule has 2 fully saturated rings. The molecule has 3 heterocycles. The third-order valence-electron chi connectivity index (χ3n) is 13.5. The number of rotatable bonds is 23. The van der Waals surface area contributed by atoms with Crippen LogP contribution in [0.3, 0.4) is 0 Å². The molecular formula is C57H74F3N7O7S2. The normalized spacial score (nSPS) is 16.8. The molecule has 4 N–H and O–H groups in total. The van der Waals surface area contributed by atoms with E-state index in [1.54, 1.807) is 79.8 Å². The average molecular weight is 1090 g/mol. The van der Waals surface area contributed by atoms with Gasteiger partial charge in [0.25, 0.3) is 5.91 Å². The summed E-state index contributed by atoms with van der Waals surface area (Å²) < 4.78 is 47.1. The van der Waals surface area contributed by atoms with Crippen LogP contribution in [0.15, 0.2) is 72.2 Å². The number of nitrogens with one attached hydrogen (secondary N) is 2. The number of hydrogen-bond donors (Lipinski definition) is 4. The van der Waals surface area contributed by atoms with Crippen molar-refractivity contribution >= 4 is 63.7 Å². The van der Waals surface area contributed by atoms with Crippen molar-refractivity contribution in [2.75, 3.05) is 29.5 Å². The van der Waals surface area contributed by atoms with E-state index in [1.807, 2.05) is 31.2 Å². The lowest BCUT2D eigenvalue weighted by Gasteiger charge is -2.30. The maximum Gasteiger partial charge on any atom is 0.417 e. The van der Waals surface area contributed by atoms with Crippen LogP contribution in [0.25, 0.3) is 10.4 Å². The minimum atomic E-state index is -4.79. The molecule has 76 heavy (non-hydrogen) atoms. The van der Waals surface area contributed by atoms with E-state index >= 15 is 0 Å². The van der Waals surface area contributed by atoms with Crippen LogP contribution in [0.5, 0.6) is 5.75 Å². The van der Waals surface area contributed by atoms with E-state index in [1.165, 1.54) is 11.0 Å². The van der Waals surface area contributed by atoms with Gasteiger partial charge in [-0.05, 0) is 119 Å². The number of β-amino-alcohol motifs (C(OH)–C–C–N with tert-alkyl or cyclic N) is 1. The number of carbonyl (C=O) groups is 4. The molecule has 2 aliphatic heterocycles. The number of carbonyl (C=O) groups excluding carboxylic acids is 4. The zero-order valence-corrected chi connectivity index (χ0v) is 46.6. The molecule has 412 valence electrons. The van der Waals surface area contributed by atoms with E-state index in [2.05, 4.69) is 36.4 Å². The van der Waals surface area contributed by atoms with E-state index in [0.29, 0.717) is 24.5 Å². The number of aliphatic hydroxyl groups excluding tert-OH is 2. The molecule has 1 aromatic heterocycles. The van der Waals surface area contributed by atoms with Crippen molar-refractivity contribution in [3.63, 3.8) is 0 Å². The van der Waals surface area contributed by atoms with Crippen molar-refractivity contribution in [1.82, 2.24) is 20.5 Å². The summed E-state index contributed by atoms with van der Waals surface area (Å²) in [6, 6.07) is 18.6. The van der Waals surface area contributed by atoms with Gasteiger partial charge in [-0.3, -0.25) is 24.1 Å². The number of anilines is 2. The van der Waals surface area contributed by atoms with Crippen LogP contribution in [0.1, 0.15) is 141 Å². The third kappa shape index (κ3) is 16.1. The Hall–Kier alpha value is -5.94. The van der Waals surface area contributed by atoms with E-state index in [-0.39, 0.29) is 42.8 Å². The Morgan fingerprint density at radius 1 is 0.921 bits per heavy atom. The van der Waals surface area contributed by atoms with Gasteiger partial charge in [-0.25, -0.2) is 4.98 Å². The van der Waals surface area contributed by atoms with Crippen molar-refractivity contribution in [3.8, 4) is 22.3 Å². The van der Waals surface area contributed by atoms with Crippen LogP contribution < -0.4 is 25.2 Å². The number of unbranched alkanes of at least 4 members (excludes halogenated alkanes) is 8. The minimum Gasteiger partial charge on any atom is -0.494 e. The number of aliphatic hydroxyl groups is 2. The largest absolute Gasteiger partial charge is 0.494 e. The molecule has 14 nitrogen and oxygen atoms in total. The van der Waals surface area contributed by atoms with Crippen LogP contribution in [0, 0.1) is 29.6 Å². The lowest BCUT2D eigenvalue weighted by atomic mass is 9.82. The van der Waals surface area contributed by atoms with Crippen LogP contribution in [-0.4, -0.2) is 92.3 Å². The Morgan fingerprint density at radius 3 is 2.09 bits per heavy atom. The van der Waals surface area contributed by atoms with E-state index in [4.69, 9.17) is 17.0 Å². The highest BCUT2D eigenvalue weighted by Crippen LogP contribution is 2.40.